The number of hydrogen-bond acceptors (Lipinski definition) is 1. The van der Waals surface area contributed by atoms with E-state index in [0.717, 1.165) is 11.5 Å². The average Bonchev–Trinajstić information content (AvgIpc) is 2.37. The number of halogens is 4. The Morgan fingerprint density at radius 3 is 1.55 bits per heavy atom. The van der Waals surface area contributed by atoms with E-state index in [1.807, 2.05) is 24.3 Å². The number of fused-ring (bicyclic) bond motifs is 2. The van der Waals surface area contributed by atoms with Gasteiger partial charge in [-0.2, -0.15) is 0 Å². The standard InChI is InChI=1S/C13H11OS.BF4/c1-15-12-8-4-2-6-10(12)14-11-7-3-5-9-13(11)15;2-1(3,4)5/h2-9H,1H3;/q+1;-1. The van der Waals surface area contributed by atoms with Crippen LogP contribution in [0.3, 0.4) is 0 Å². The van der Waals surface area contributed by atoms with Crippen LogP contribution < -0.4 is 4.74 Å². The molecule has 0 saturated carbocycles. The largest absolute Gasteiger partial charge is 0.673 e. The molecule has 0 spiro atoms. The maximum absolute atomic E-state index is 9.75. The molecule has 2 aromatic carbocycles. The normalized spacial score (nSPS) is 13.4. The second-order valence-corrected chi connectivity index (χ2v) is 5.90. The van der Waals surface area contributed by atoms with Crippen molar-refractivity contribution < 1.29 is 22.0 Å². The highest BCUT2D eigenvalue weighted by molar-refractivity contribution is 7.96. The minimum Gasteiger partial charge on any atom is -0.447 e. The Hall–Kier alpha value is -1.63. The van der Waals surface area contributed by atoms with Crippen LogP contribution in [0.4, 0.5) is 17.3 Å². The van der Waals surface area contributed by atoms with Gasteiger partial charge in [0.25, 0.3) is 0 Å². The lowest BCUT2D eigenvalue weighted by molar-refractivity contribution is 0.368. The lowest BCUT2D eigenvalue weighted by Gasteiger charge is -2.17. The van der Waals surface area contributed by atoms with Crippen molar-refractivity contribution in [2.45, 2.75) is 9.79 Å². The van der Waals surface area contributed by atoms with Gasteiger partial charge in [-0.1, -0.05) is 24.3 Å². The molecule has 1 nitrogen and oxygen atoms in total. The third-order valence-electron chi connectivity index (χ3n) is 2.58. The number of ether oxygens (including phenoxy) is 1. The van der Waals surface area contributed by atoms with Crippen molar-refractivity contribution in [3.8, 4) is 11.5 Å². The zero-order valence-electron chi connectivity index (χ0n) is 10.5. The quantitative estimate of drug-likeness (QED) is 0.387. The van der Waals surface area contributed by atoms with E-state index in [2.05, 4.69) is 30.5 Å². The van der Waals surface area contributed by atoms with Crippen molar-refractivity contribution in [1.82, 2.24) is 0 Å². The summed E-state index contributed by atoms with van der Waals surface area (Å²) >= 11 is 0. The fourth-order valence-electron chi connectivity index (χ4n) is 1.81. The first-order valence-electron chi connectivity index (χ1n) is 5.75. The van der Waals surface area contributed by atoms with E-state index in [4.69, 9.17) is 4.74 Å². The highest BCUT2D eigenvalue weighted by Gasteiger charge is 2.32. The smallest absolute Gasteiger partial charge is 0.447 e. The van der Waals surface area contributed by atoms with Gasteiger partial charge in [-0.25, -0.2) is 0 Å². The Morgan fingerprint density at radius 2 is 1.15 bits per heavy atom. The van der Waals surface area contributed by atoms with Crippen molar-refractivity contribution in [2.24, 2.45) is 0 Å². The summed E-state index contributed by atoms with van der Waals surface area (Å²) in [5.74, 6) is 2.00. The molecule has 0 bridgehead atoms. The van der Waals surface area contributed by atoms with Crippen LogP contribution in [0.5, 0.6) is 11.5 Å². The second-order valence-electron chi connectivity index (χ2n) is 4.00. The monoisotopic (exact) mass is 302 g/mol. The van der Waals surface area contributed by atoms with Crippen LogP contribution in [0.25, 0.3) is 0 Å². The van der Waals surface area contributed by atoms with Gasteiger partial charge in [0.2, 0.25) is 9.79 Å². The third kappa shape index (κ3) is 3.69. The average molecular weight is 302 g/mol. The molecular formula is C13H11BF4OS. The molecule has 7 heteroatoms. The van der Waals surface area contributed by atoms with E-state index in [-0.39, 0.29) is 10.9 Å². The SMILES string of the molecule is C[S+]1c2ccccc2Oc2ccccc21.F[B-](F)(F)F. The Morgan fingerprint density at radius 1 is 0.800 bits per heavy atom. The van der Waals surface area contributed by atoms with E-state index in [1.54, 1.807) is 0 Å². The first kappa shape index (κ1) is 14.8. The number of para-hydroxylation sites is 2. The zero-order valence-corrected chi connectivity index (χ0v) is 11.3. The fourth-order valence-corrected chi connectivity index (χ4v) is 3.44. The summed E-state index contributed by atoms with van der Waals surface area (Å²) in [4.78, 5) is 2.60. The Labute approximate surface area is 117 Å². The van der Waals surface area contributed by atoms with E-state index < -0.39 is 7.25 Å². The van der Waals surface area contributed by atoms with Gasteiger partial charge >= 0.3 is 7.25 Å². The lowest BCUT2D eigenvalue weighted by atomic mass is 10.3. The molecule has 0 aliphatic carbocycles. The Bertz CT molecular complexity index is 551. The van der Waals surface area contributed by atoms with Crippen LogP contribution in [-0.2, 0) is 10.9 Å². The molecule has 1 heterocycles. The second kappa shape index (κ2) is 5.79. The van der Waals surface area contributed by atoms with Gasteiger partial charge in [0.05, 0.1) is 10.9 Å². The summed E-state index contributed by atoms with van der Waals surface area (Å²) in [6.07, 6.45) is 2.25. The molecular weight excluding hydrogens is 291 g/mol. The van der Waals surface area contributed by atoms with E-state index in [9.17, 15) is 17.3 Å². The molecule has 0 unspecified atom stereocenters. The molecule has 106 valence electrons. The van der Waals surface area contributed by atoms with E-state index in [0.29, 0.717) is 0 Å². The number of hydrogen-bond donors (Lipinski definition) is 0. The van der Waals surface area contributed by atoms with Crippen molar-refractivity contribution in [3.63, 3.8) is 0 Å². The lowest BCUT2D eigenvalue weighted by Crippen LogP contribution is -2.09. The van der Waals surface area contributed by atoms with Crippen molar-refractivity contribution in [1.29, 1.82) is 0 Å². The van der Waals surface area contributed by atoms with Gasteiger partial charge in [-0.15, -0.1) is 0 Å². The summed E-state index contributed by atoms with van der Waals surface area (Å²) in [6.45, 7) is 0. The molecule has 3 rings (SSSR count). The molecule has 0 radical (unpaired) electrons. The van der Waals surface area contributed by atoms with Gasteiger partial charge < -0.3 is 22.0 Å². The summed E-state index contributed by atoms with van der Waals surface area (Å²) in [7, 11) is -5.87. The van der Waals surface area contributed by atoms with Crippen molar-refractivity contribution in [2.75, 3.05) is 6.26 Å². The minimum atomic E-state index is -6.00. The molecule has 0 N–H and O–H groups in total. The third-order valence-corrected chi connectivity index (χ3v) is 4.57. The summed E-state index contributed by atoms with van der Waals surface area (Å²) in [6, 6.07) is 16.5. The molecule has 1 aliphatic heterocycles. The van der Waals surface area contributed by atoms with Crippen molar-refractivity contribution >= 4 is 18.1 Å². The molecule has 0 saturated heterocycles. The Kier molecular flexibility index (Phi) is 4.28. The topological polar surface area (TPSA) is 9.23 Å². The number of rotatable bonds is 0. The predicted octanol–water partition coefficient (Wildman–Crippen LogP) is 4.76. The van der Waals surface area contributed by atoms with E-state index in [1.165, 1.54) is 9.79 Å². The van der Waals surface area contributed by atoms with Crippen LogP contribution >= 0.6 is 0 Å². The highest BCUT2D eigenvalue weighted by Crippen LogP contribution is 2.41. The molecule has 0 fully saturated rings. The van der Waals surface area contributed by atoms with Gasteiger partial charge in [-0.3, -0.25) is 0 Å². The maximum atomic E-state index is 9.75. The van der Waals surface area contributed by atoms with Gasteiger partial charge in [-0.05, 0) is 24.3 Å². The van der Waals surface area contributed by atoms with Gasteiger partial charge in [0, 0.05) is 0 Å². The molecule has 0 aromatic heterocycles. The highest BCUT2D eigenvalue weighted by atomic mass is 32.2. The number of benzene rings is 2. The minimum absolute atomic E-state index is 0.135. The summed E-state index contributed by atoms with van der Waals surface area (Å²) in [5, 5.41) is 0. The Balaban J connectivity index is 0.000000257. The summed E-state index contributed by atoms with van der Waals surface area (Å²) in [5.41, 5.74) is 0. The van der Waals surface area contributed by atoms with Crippen LogP contribution in [0, 0.1) is 0 Å². The zero-order chi connectivity index (χ0) is 14.8. The summed E-state index contributed by atoms with van der Waals surface area (Å²) < 4.78 is 44.9. The predicted molar refractivity (Wildman–Crippen MR) is 73.0 cm³/mol. The molecule has 2 aromatic rings. The van der Waals surface area contributed by atoms with Crippen LogP contribution in [0.1, 0.15) is 0 Å². The first-order chi connectivity index (χ1) is 9.36. The maximum Gasteiger partial charge on any atom is 0.673 e. The van der Waals surface area contributed by atoms with Crippen LogP contribution in [0.2, 0.25) is 0 Å². The molecule has 0 amide bonds. The van der Waals surface area contributed by atoms with E-state index >= 15 is 0 Å². The fraction of sp³-hybridized carbons (Fsp3) is 0.0769. The van der Waals surface area contributed by atoms with Gasteiger partial charge in [0.1, 0.15) is 6.26 Å². The van der Waals surface area contributed by atoms with Crippen LogP contribution in [0.15, 0.2) is 58.3 Å². The first-order valence-corrected chi connectivity index (χ1v) is 7.39. The molecule has 1 aliphatic rings. The van der Waals surface area contributed by atoms with Gasteiger partial charge in [0.15, 0.2) is 11.5 Å². The van der Waals surface area contributed by atoms with Crippen molar-refractivity contribution in [3.05, 3.63) is 48.5 Å². The molecule has 20 heavy (non-hydrogen) atoms. The van der Waals surface area contributed by atoms with Crippen LogP contribution in [-0.4, -0.2) is 13.5 Å². The molecule has 0 atom stereocenters.